The average Bonchev–Trinajstić information content (AvgIpc) is 2.78. The van der Waals surface area contributed by atoms with Crippen molar-refractivity contribution in [1.29, 1.82) is 0 Å². The summed E-state index contributed by atoms with van der Waals surface area (Å²) in [5, 5.41) is 24.2. The van der Waals surface area contributed by atoms with Gasteiger partial charge in [-0.15, -0.1) is 25.6 Å². The van der Waals surface area contributed by atoms with Crippen molar-refractivity contribution >= 4 is 24.0 Å². The molecule has 0 heterocycles. The smallest absolute Gasteiger partial charge is 0.241 e. The Morgan fingerprint density at radius 1 is 1.23 bits per heavy atom. The van der Waals surface area contributed by atoms with Gasteiger partial charge in [0, 0.05) is 11.1 Å². The third-order valence-corrected chi connectivity index (χ3v) is 4.63. The number of aromatic hydroxyl groups is 2. The number of carbonyl (C=O) groups excluding carboxylic acids is 1. The van der Waals surface area contributed by atoms with Crippen LogP contribution in [0.25, 0.3) is 11.1 Å². The zero-order valence-corrected chi connectivity index (χ0v) is 18.2. The van der Waals surface area contributed by atoms with Crippen LogP contribution < -0.4 is 16.8 Å². The minimum absolute atomic E-state index is 0. The number of benzene rings is 2. The summed E-state index contributed by atoms with van der Waals surface area (Å²) >= 11 is 0. The van der Waals surface area contributed by atoms with Gasteiger partial charge in [0.05, 0.1) is 10.2 Å². The van der Waals surface area contributed by atoms with Crippen molar-refractivity contribution in [2.75, 3.05) is 11.9 Å². The van der Waals surface area contributed by atoms with Gasteiger partial charge in [-0.05, 0) is 49.4 Å². The van der Waals surface area contributed by atoms with Gasteiger partial charge >= 0.3 is 0 Å². The molecule has 2 rings (SSSR count). The number of phenols is 2. The molecule has 31 heavy (non-hydrogen) atoms. The highest BCUT2D eigenvalue weighted by molar-refractivity contribution is 5.99. The van der Waals surface area contributed by atoms with Gasteiger partial charge in [0.1, 0.15) is 11.4 Å². The number of hydrogen-bond acceptors (Lipinski definition) is 5. The van der Waals surface area contributed by atoms with Gasteiger partial charge in [-0.1, -0.05) is 42.8 Å². The number of nitrogens with two attached hydrogens (primary N) is 2. The fraction of sp³-hybridized carbons (Fsp3) is 0.292. The van der Waals surface area contributed by atoms with E-state index < -0.39 is 17.7 Å². The van der Waals surface area contributed by atoms with Crippen LogP contribution in [0.5, 0.6) is 11.5 Å². The maximum Gasteiger partial charge on any atom is 0.241 e. The Labute approximate surface area is 194 Å². The predicted molar refractivity (Wildman–Crippen MR) is 130 cm³/mol. The van der Waals surface area contributed by atoms with Crippen molar-refractivity contribution in [3.63, 3.8) is 0 Å². The molecular formula is C24H32ClN3O3. The molecule has 0 aliphatic heterocycles. The summed E-state index contributed by atoms with van der Waals surface area (Å²) in [6.45, 7) is 7.80. The van der Waals surface area contributed by atoms with E-state index in [1.54, 1.807) is 6.08 Å². The first-order valence-corrected chi connectivity index (χ1v) is 9.83. The summed E-state index contributed by atoms with van der Waals surface area (Å²) in [5.74, 6) is -1.47. The largest absolute Gasteiger partial charge is 0.505 e. The lowest BCUT2D eigenvalue weighted by Gasteiger charge is -2.18. The van der Waals surface area contributed by atoms with Crippen LogP contribution in [-0.2, 0) is 17.6 Å². The van der Waals surface area contributed by atoms with E-state index in [4.69, 9.17) is 15.6 Å². The van der Waals surface area contributed by atoms with Crippen molar-refractivity contribution in [3.8, 4) is 22.6 Å². The second-order valence-electron chi connectivity index (χ2n) is 6.96. The van der Waals surface area contributed by atoms with Crippen LogP contribution in [0.2, 0.25) is 0 Å². The molecule has 0 radical (unpaired) electrons. The van der Waals surface area contributed by atoms with E-state index >= 15 is 0 Å². The highest BCUT2D eigenvalue weighted by Gasteiger charge is 2.22. The van der Waals surface area contributed by atoms with Crippen LogP contribution in [-0.4, -0.2) is 28.7 Å². The average molecular weight is 449 g/mol. The molecule has 0 spiro atoms. The van der Waals surface area contributed by atoms with Gasteiger partial charge in [0.25, 0.3) is 0 Å². The summed E-state index contributed by atoms with van der Waals surface area (Å²) in [7, 11) is 0. The fourth-order valence-electron chi connectivity index (χ4n) is 3.02. The number of nitrogens with one attached hydrogen (secondary N) is 1. The molecule has 0 fully saturated rings. The molecule has 0 aromatic heterocycles. The summed E-state index contributed by atoms with van der Waals surface area (Å²) in [6, 6.07) is 1.55. The molecule has 7 N–H and O–H groups in total. The number of anilines is 1. The van der Waals surface area contributed by atoms with Gasteiger partial charge in [0.15, 0.2) is 5.75 Å². The third kappa shape index (κ3) is 6.85. The molecule has 1 amide bonds. The molecule has 6 nitrogen and oxygen atoms in total. The fourth-order valence-corrected chi connectivity index (χ4v) is 3.02. The minimum Gasteiger partial charge on any atom is -0.505 e. The number of unbranched alkanes of at least 4 members (excludes halogenated alkanes) is 1. The van der Waals surface area contributed by atoms with E-state index in [1.807, 2.05) is 0 Å². The molecule has 0 aliphatic rings. The SMILES string of the molecule is Cl.[2H]c1cc(CC=C)c([2H])c(-c2cc(CC=C)c(O)c(NC(=O)C(N)CCCCN)c2O)c1[2H]. The summed E-state index contributed by atoms with van der Waals surface area (Å²) < 4.78 is 25.0. The first-order chi connectivity index (χ1) is 15.7. The number of carbonyl (C=O) groups is 1. The molecule has 0 saturated heterocycles. The Balaban J connectivity index is 0.00000578. The molecule has 0 saturated carbocycles. The van der Waals surface area contributed by atoms with Crippen LogP contribution in [0.1, 0.15) is 34.5 Å². The molecule has 168 valence electrons. The van der Waals surface area contributed by atoms with E-state index in [0.717, 1.165) is 0 Å². The van der Waals surface area contributed by atoms with Crippen LogP contribution in [0.4, 0.5) is 5.69 Å². The maximum atomic E-state index is 12.6. The zero-order valence-electron chi connectivity index (χ0n) is 20.4. The lowest BCUT2D eigenvalue weighted by atomic mass is 9.96. The first kappa shape index (κ1) is 21.4. The molecule has 0 aliphatic carbocycles. The summed E-state index contributed by atoms with van der Waals surface area (Å²) in [4.78, 5) is 12.6. The zero-order chi connectivity index (χ0) is 24.7. The highest BCUT2D eigenvalue weighted by atomic mass is 35.5. The monoisotopic (exact) mass is 448 g/mol. The quantitative estimate of drug-likeness (QED) is 0.202. The van der Waals surface area contributed by atoms with Crippen molar-refractivity contribution in [2.45, 2.75) is 38.1 Å². The molecule has 7 heteroatoms. The van der Waals surface area contributed by atoms with Crippen LogP contribution in [0.3, 0.4) is 0 Å². The molecular weight excluding hydrogens is 414 g/mol. The summed E-state index contributed by atoms with van der Waals surface area (Å²) in [6.07, 6.45) is 5.36. The van der Waals surface area contributed by atoms with Crippen molar-refractivity contribution < 1.29 is 19.1 Å². The standard InChI is InChI=1S/C24H31N3O3.ClH/c1-3-8-16-10-7-11-17(14-16)19-15-18(9-4-2)22(28)21(23(19)29)27-24(30)20(26)12-5-6-13-25;/h3-4,7,10-11,14-15,20,28-29H,1-2,5-6,8-9,12-13,25-26H2,(H,27,30);1H/i7D,11D,14D;. The van der Waals surface area contributed by atoms with E-state index in [9.17, 15) is 15.0 Å². The highest BCUT2D eigenvalue weighted by Crippen LogP contribution is 2.44. The molecule has 1 atom stereocenters. The van der Waals surface area contributed by atoms with E-state index in [2.05, 4.69) is 18.5 Å². The van der Waals surface area contributed by atoms with Crippen molar-refractivity contribution in [2.24, 2.45) is 11.5 Å². The Hall–Kier alpha value is -2.80. The Morgan fingerprint density at radius 2 is 1.94 bits per heavy atom. The number of allylic oxidation sites excluding steroid dienone is 2. The lowest BCUT2D eigenvalue weighted by molar-refractivity contribution is -0.117. The van der Waals surface area contributed by atoms with Gasteiger partial charge < -0.3 is 27.0 Å². The van der Waals surface area contributed by atoms with E-state index in [0.29, 0.717) is 43.4 Å². The number of halogens is 1. The number of phenolic OH excluding ortho intramolecular Hbond substituents is 2. The van der Waals surface area contributed by atoms with Crippen molar-refractivity contribution in [1.82, 2.24) is 0 Å². The maximum absolute atomic E-state index is 12.6. The van der Waals surface area contributed by atoms with Gasteiger partial charge in [-0.2, -0.15) is 0 Å². The Bertz CT molecular complexity index is 1060. The lowest BCUT2D eigenvalue weighted by Crippen LogP contribution is -2.35. The first-order valence-electron chi connectivity index (χ1n) is 11.3. The normalized spacial score (nSPS) is 12.6. The van der Waals surface area contributed by atoms with Crippen LogP contribution >= 0.6 is 12.4 Å². The number of rotatable bonds is 11. The predicted octanol–water partition coefficient (Wildman–Crippen LogP) is 4.04. The number of hydrogen-bond donors (Lipinski definition) is 5. The second-order valence-corrected chi connectivity index (χ2v) is 6.96. The van der Waals surface area contributed by atoms with E-state index in [1.165, 1.54) is 18.2 Å². The minimum atomic E-state index is -0.879. The van der Waals surface area contributed by atoms with Gasteiger partial charge in [-0.3, -0.25) is 4.79 Å². The van der Waals surface area contributed by atoms with Crippen LogP contribution in [0, 0.1) is 0 Å². The molecule has 1 unspecified atom stereocenters. The van der Waals surface area contributed by atoms with Crippen molar-refractivity contribution in [3.05, 3.63) is 66.7 Å². The van der Waals surface area contributed by atoms with Crippen LogP contribution in [0.15, 0.2) is 55.6 Å². The van der Waals surface area contributed by atoms with Gasteiger partial charge in [0.2, 0.25) is 5.91 Å². The van der Waals surface area contributed by atoms with E-state index in [-0.39, 0.29) is 59.5 Å². The molecule has 2 aromatic rings. The molecule has 2 aromatic carbocycles. The Kier molecular flexibility index (Phi) is 8.85. The summed E-state index contributed by atoms with van der Waals surface area (Å²) in [5.41, 5.74) is 12.0. The second kappa shape index (κ2) is 12.8. The number of amides is 1. The Morgan fingerprint density at radius 3 is 2.58 bits per heavy atom. The topological polar surface area (TPSA) is 122 Å². The molecule has 0 bridgehead atoms. The third-order valence-electron chi connectivity index (χ3n) is 4.63. The van der Waals surface area contributed by atoms with Gasteiger partial charge in [-0.25, -0.2) is 0 Å².